The molecule has 0 unspecified atom stereocenters. The fraction of sp³-hybridized carbons (Fsp3) is 0.842. The third-order valence-electron chi connectivity index (χ3n) is 4.39. The van der Waals surface area contributed by atoms with Crippen LogP contribution in [0.4, 0.5) is 4.79 Å². The van der Waals surface area contributed by atoms with E-state index in [4.69, 9.17) is 9.47 Å². The highest BCUT2D eigenvalue weighted by Crippen LogP contribution is 2.24. The van der Waals surface area contributed by atoms with E-state index in [1.165, 1.54) is 0 Å². The number of nitrogens with one attached hydrogen (secondary N) is 1. The van der Waals surface area contributed by atoms with Crippen LogP contribution in [0.5, 0.6) is 0 Å². The van der Waals surface area contributed by atoms with Crippen molar-refractivity contribution in [3.63, 3.8) is 0 Å². The lowest BCUT2D eigenvalue weighted by Crippen LogP contribution is -2.59. The second-order valence-corrected chi connectivity index (χ2v) is 9.30. The summed E-state index contributed by atoms with van der Waals surface area (Å²) in [6, 6.07) is 0. The molecule has 1 heterocycles. The number of hydrogen-bond donors (Lipinski definition) is 2. The van der Waals surface area contributed by atoms with Crippen molar-refractivity contribution in [3.8, 4) is 0 Å². The average molecular weight is 387 g/mol. The Hall–Kier alpha value is -1.83. The molecular weight excluding hydrogens is 352 g/mol. The topological polar surface area (TPSA) is 102 Å². The third kappa shape index (κ3) is 9.08. The summed E-state index contributed by atoms with van der Waals surface area (Å²) in [5.74, 6) is -1.49. The van der Waals surface area contributed by atoms with Gasteiger partial charge in [-0.15, -0.1) is 0 Å². The molecule has 0 bridgehead atoms. The van der Waals surface area contributed by atoms with Crippen molar-refractivity contribution in [3.05, 3.63) is 0 Å². The second kappa shape index (κ2) is 8.91. The predicted molar refractivity (Wildman–Crippen MR) is 100 cm³/mol. The van der Waals surface area contributed by atoms with Crippen LogP contribution < -0.4 is 5.32 Å². The van der Waals surface area contributed by atoms with Gasteiger partial charge in [-0.1, -0.05) is 0 Å². The van der Waals surface area contributed by atoms with E-state index in [0.29, 0.717) is 43.5 Å². The Balaban J connectivity index is 2.70. The van der Waals surface area contributed by atoms with Gasteiger partial charge in [0.2, 0.25) is 0 Å². The summed E-state index contributed by atoms with van der Waals surface area (Å²) in [7, 11) is 0. The minimum Gasteiger partial charge on any atom is -0.481 e. The van der Waals surface area contributed by atoms with Gasteiger partial charge in [-0.3, -0.25) is 4.79 Å². The summed E-state index contributed by atoms with van der Waals surface area (Å²) in [4.78, 5) is 35.5. The van der Waals surface area contributed by atoms with Crippen molar-refractivity contribution in [2.24, 2.45) is 5.92 Å². The molecule has 156 valence electrons. The molecule has 1 saturated heterocycles. The Morgan fingerprint density at radius 3 is 1.96 bits per heavy atom. The molecule has 0 spiro atoms. The molecule has 0 aromatic rings. The monoisotopic (exact) mass is 387 g/mol. The molecule has 0 saturated carbocycles. The number of likely N-dealkylation sites (tertiary alicyclic amines) is 1. The van der Waals surface area contributed by atoms with Gasteiger partial charge < -0.3 is 24.4 Å². The van der Waals surface area contributed by atoms with Crippen molar-refractivity contribution >= 4 is 18.0 Å². The molecule has 1 fully saturated rings. The smallest absolute Gasteiger partial charge is 0.407 e. The molecule has 0 aromatic heterocycles. The zero-order chi connectivity index (χ0) is 20.9. The summed E-state index contributed by atoms with van der Waals surface area (Å²) in [6.45, 7) is 13.0. The lowest BCUT2D eigenvalue weighted by molar-refractivity contribution is -0.925. The number of carbonyl (C=O) groups excluding carboxylic acids is 2. The van der Waals surface area contributed by atoms with Crippen LogP contribution in [0.15, 0.2) is 0 Å². The number of rotatable bonds is 6. The molecule has 0 atom stereocenters. The lowest BCUT2D eigenvalue weighted by atomic mass is 9.95. The number of quaternary nitrogens is 1. The molecule has 1 amide bonds. The van der Waals surface area contributed by atoms with E-state index in [0.717, 1.165) is 0 Å². The lowest BCUT2D eigenvalue weighted by Gasteiger charge is -2.42. The van der Waals surface area contributed by atoms with E-state index in [1.54, 1.807) is 20.8 Å². The van der Waals surface area contributed by atoms with Gasteiger partial charge in [-0.05, 0) is 41.5 Å². The van der Waals surface area contributed by atoms with Gasteiger partial charge in [0.15, 0.2) is 6.54 Å². The second-order valence-electron chi connectivity index (χ2n) is 9.30. The molecular formula is C19H35N2O6+. The maximum atomic E-state index is 12.4. The molecule has 27 heavy (non-hydrogen) atoms. The van der Waals surface area contributed by atoms with Gasteiger partial charge in [-0.2, -0.15) is 0 Å². The van der Waals surface area contributed by atoms with Crippen LogP contribution >= 0.6 is 0 Å². The van der Waals surface area contributed by atoms with E-state index in [2.05, 4.69) is 5.32 Å². The summed E-state index contributed by atoms with van der Waals surface area (Å²) in [5.41, 5.74) is -1.15. The summed E-state index contributed by atoms with van der Waals surface area (Å²) >= 11 is 0. The van der Waals surface area contributed by atoms with Gasteiger partial charge in [0, 0.05) is 12.8 Å². The van der Waals surface area contributed by atoms with E-state index in [-0.39, 0.29) is 18.4 Å². The Morgan fingerprint density at radius 1 is 1.00 bits per heavy atom. The van der Waals surface area contributed by atoms with Crippen molar-refractivity contribution in [1.82, 2.24) is 5.32 Å². The maximum Gasteiger partial charge on any atom is 0.407 e. The first-order valence-corrected chi connectivity index (χ1v) is 9.48. The van der Waals surface area contributed by atoms with Crippen LogP contribution in [0.2, 0.25) is 0 Å². The van der Waals surface area contributed by atoms with Crippen LogP contribution in [0.1, 0.15) is 54.4 Å². The summed E-state index contributed by atoms with van der Waals surface area (Å²) < 4.78 is 11.1. The Labute approximate surface area is 161 Å². The van der Waals surface area contributed by atoms with Crippen LogP contribution in [0.3, 0.4) is 0 Å². The van der Waals surface area contributed by atoms with Crippen LogP contribution in [-0.4, -0.2) is 71.5 Å². The highest BCUT2D eigenvalue weighted by atomic mass is 16.6. The first kappa shape index (κ1) is 23.2. The van der Waals surface area contributed by atoms with Gasteiger partial charge >= 0.3 is 18.0 Å². The Kier molecular flexibility index (Phi) is 7.66. The van der Waals surface area contributed by atoms with Gasteiger partial charge in [0.1, 0.15) is 11.2 Å². The van der Waals surface area contributed by atoms with Crippen molar-refractivity contribution in [2.45, 2.75) is 65.6 Å². The van der Waals surface area contributed by atoms with Crippen LogP contribution in [-0.2, 0) is 19.1 Å². The van der Waals surface area contributed by atoms with Crippen molar-refractivity contribution in [2.75, 3.05) is 32.7 Å². The Morgan fingerprint density at radius 2 is 1.52 bits per heavy atom. The largest absolute Gasteiger partial charge is 0.481 e. The molecule has 0 radical (unpaired) electrons. The standard InChI is InChI=1S/C19H34N2O6/c1-18(2,3)26-15(22)13-21(10-7-14(8-11-21)16(23)24)12-9-20-17(25)27-19(4,5)6/h14H,7-13H2,1-6H3,(H-,20,23,24,25)/p+1. The third-order valence-corrected chi connectivity index (χ3v) is 4.39. The zero-order valence-electron chi connectivity index (χ0n) is 17.5. The van der Waals surface area contributed by atoms with E-state index < -0.39 is 23.3 Å². The molecule has 2 N–H and O–H groups in total. The zero-order valence-corrected chi connectivity index (χ0v) is 17.5. The molecule has 1 aliphatic heterocycles. The highest BCUT2D eigenvalue weighted by Gasteiger charge is 2.39. The number of carboxylic acid groups (broad SMARTS) is 1. The van der Waals surface area contributed by atoms with Gasteiger partial charge in [0.05, 0.1) is 32.1 Å². The van der Waals surface area contributed by atoms with Crippen LogP contribution in [0, 0.1) is 5.92 Å². The SMILES string of the molecule is CC(C)(C)OC(=O)C[N+]1(CCNC(=O)OC(C)(C)C)CCC(C(=O)O)CC1. The normalized spacial score (nSPS) is 23.4. The molecule has 0 aromatic carbocycles. The first-order chi connectivity index (χ1) is 12.2. The number of ether oxygens (including phenoxy) is 2. The van der Waals surface area contributed by atoms with Crippen molar-refractivity contribution in [1.29, 1.82) is 0 Å². The quantitative estimate of drug-likeness (QED) is 0.535. The average Bonchev–Trinajstić information content (AvgIpc) is 2.43. The van der Waals surface area contributed by atoms with E-state index >= 15 is 0 Å². The predicted octanol–water partition coefficient (Wildman–Crippen LogP) is 2.16. The summed E-state index contributed by atoms with van der Waals surface area (Å²) in [5, 5.41) is 11.9. The number of alkyl carbamates (subject to hydrolysis) is 1. The highest BCUT2D eigenvalue weighted by molar-refractivity contribution is 5.71. The first-order valence-electron chi connectivity index (χ1n) is 9.48. The number of esters is 1. The molecule has 8 heteroatoms. The minimum absolute atomic E-state index is 0.166. The molecule has 8 nitrogen and oxygen atoms in total. The maximum absolute atomic E-state index is 12.4. The summed E-state index contributed by atoms with van der Waals surface area (Å²) in [6.07, 6.45) is 0.508. The Bertz CT molecular complexity index is 539. The number of amides is 1. The number of hydrogen-bond acceptors (Lipinski definition) is 5. The van der Waals surface area contributed by atoms with E-state index in [9.17, 15) is 19.5 Å². The molecule has 0 aliphatic carbocycles. The molecule has 1 rings (SSSR count). The minimum atomic E-state index is -0.794. The van der Waals surface area contributed by atoms with Crippen LogP contribution in [0.25, 0.3) is 0 Å². The number of aliphatic carboxylic acids is 1. The molecule has 1 aliphatic rings. The van der Waals surface area contributed by atoms with Crippen molar-refractivity contribution < 1.29 is 33.4 Å². The number of piperidine rings is 1. The number of nitrogens with zero attached hydrogens (tertiary/aromatic N) is 1. The number of carboxylic acids is 1. The fourth-order valence-corrected chi connectivity index (χ4v) is 3.18. The van der Waals surface area contributed by atoms with E-state index in [1.807, 2.05) is 20.8 Å². The number of carbonyl (C=O) groups is 3. The van der Waals surface area contributed by atoms with Gasteiger partial charge in [-0.25, -0.2) is 9.59 Å². The fourth-order valence-electron chi connectivity index (χ4n) is 3.18. The van der Waals surface area contributed by atoms with Gasteiger partial charge in [0.25, 0.3) is 0 Å².